The van der Waals surface area contributed by atoms with E-state index in [2.05, 4.69) is 9.80 Å². The highest BCUT2D eigenvalue weighted by atomic mass is 32.2. The van der Waals surface area contributed by atoms with Crippen molar-refractivity contribution in [1.29, 1.82) is 0 Å². The maximum absolute atomic E-state index is 13.9. The van der Waals surface area contributed by atoms with E-state index in [9.17, 15) is 23.3 Å². The van der Waals surface area contributed by atoms with Crippen molar-refractivity contribution in [3.63, 3.8) is 0 Å². The van der Waals surface area contributed by atoms with Crippen LogP contribution in [0, 0.1) is 10.1 Å². The Morgan fingerprint density at radius 1 is 0.902 bits per heavy atom. The Bertz CT molecular complexity index is 1490. The molecule has 0 aromatic heterocycles. The topological polar surface area (TPSA) is 117 Å². The van der Waals surface area contributed by atoms with Gasteiger partial charge in [0.05, 0.1) is 28.6 Å². The molecule has 2 fully saturated rings. The van der Waals surface area contributed by atoms with Crippen LogP contribution in [0.4, 0.5) is 17.1 Å². The number of nitro benzene ring substituents is 1. The first-order valence-electron chi connectivity index (χ1n) is 13.5. The maximum atomic E-state index is 13.9. The number of amides is 1. The first-order chi connectivity index (χ1) is 19.7. The molecule has 0 N–H and O–H groups in total. The van der Waals surface area contributed by atoms with Crippen molar-refractivity contribution >= 4 is 33.0 Å². The van der Waals surface area contributed by atoms with Gasteiger partial charge in [-0.05, 0) is 35.9 Å². The molecule has 0 radical (unpaired) electrons. The van der Waals surface area contributed by atoms with Crippen molar-refractivity contribution < 1.29 is 22.9 Å². The minimum Gasteiger partial charge on any atom is -0.378 e. The number of nitro groups is 1. The Hall–Kier alpha value is -4.00. The summed E-state index contributed by atoms with van der Waals surface area (Å²) in [4.78, 5) is 30.4. The summed E-state index contributed by atoms with van der Waals surface area (Å²) < 4.78 is 33.9. The first kappa shape index (κ1) is 28.5. The van der Waals surface area contributed by atoms with E-state index in [-0.39, 0.29) is 23.0 Å². The van der Waals surface area contributed by atoms with Crippen LogP contribution in [0.5, 0.6) is 0 Å². The fourth-order valence-electron chi connectivity index (χ4n) is 5.16. The predicted octanol–water partition coefficient (Wildman–Crippen LogP) is 3.21. The summed E-state index contributed by atoms with van der Waals surface area (Å²) in [6.07, 6.45) is 0. The van der Waals surface area contributed by atoms with Crippen LogP contribution in [0.1, 0.15) is 15.9 Å². The number of anilines is 2. The minimum atomic E-state index is -3.86. The monoisotopic (exact) mass is 579 g/mol. The fraction of sp³-hybridized carbons (Fsp3) is 0.345. The molecule has 5 rings (SSSR count). The van der Waals surface area contributed by atoms with E-state index in [1.54, 1.807) is 29.2 Å². The van der Waals surface area contributed by atoms with Gasteiger partial charge in [-0.25, -0.2) is 8.42 Å². The number of non-ortho nitro benzene ring substituents is 1. The van der Waals surface area contributed by atoms with Gasteiger partial charge >= 0.3 is 0 Å². The number of carbonyl (C=O) groups excluding carboxylic acids is 1. The average Bonchev–Trinajstić information content (AvgIpc) is 3.01. The first-order valence-corrected chi connectivity index (χ1v) is 14.9. The van der Waals surface area contributed by atoms with Crippen LogP contribution in [0.15, 0.2) is 77.7 Å². The van der Waals surface area contributed by atoms with Crippen LogP contribution in [-0.2, 0) is 21.3 Å². The van der Waals surface area contributed by atoms with Gasteiger partial charge in [-0.2, -0.15) is 4.31 Å². The molecule has 12 heteroatoms. The number of hydrogen-bond donors (Lipinski definition) is 0. The van der Waals surface area contributed by atoms with Gasteiger partial charge in [-0.15, -0.1) is 0 Å². The number of benzene rings is 3. The number of carbonyl (C=O) groups is 1. The van der Waals surface area contributed by atoms with Gasteiger partial charge in [0, 0.05) is 76.4 Å². The molecule has 2 heterocycles. The smallest absolute Gasteiger partial charge is 0.269 e. The van der Waals surface area contributed by atoms with Gasteiger partial charge < -0.3 is 19.4 Å². The van der Waals surface area contributed by atoms with E-state index in [4.69, 9.17) is 4.74 Å². The number of nitrogens with zero attached hydrogens (tertiary/aromatic N) is 5. The molecular weight excluding hydrogens is 546 g/mol. The molecule has 0 bridgehead atoms. The Morgan fingerprint density at radius 3 is 2.20 bits per heavy atom. The van der Waals surface area contributed by atoms with Crippen molar-refractivity contribution in [3.05, 3.63) is 94.0 Å². The number of piperazine rings is 1. The summed E-state index contributed by atoms with van der Waals surface area (Å²) in [5.74, 6) is -0.224. The maximum Gasteiger partial charge on any atom is 0.269 e. The normalized spacial score (nSPS) is 16.2. The van der Waals surface area contributed by atoms with Crippen LogP contribution in [0.3, 0.4) is 0 Å². The molecular formula is C29H33N5O6S. The fourth-order valence-corrected chi connectivity index (χ4v) is 6.34. The van der Waals surface area contributed by atoms with E-state index in [1.807, 2.05) is 30.3 Å². The van der Waals surface area contributed by atoms with Crippen LogP contribution in [0.2, 0.25) is 0 Å². The van der Waals surface area contributed by atoms with Crippen molar-refractivity contribution in [1.82, 2.24) is 9.21 Å². The second-order valence-corrected chi connectivity index (χ2v) is 12.1. The molecule has 0 spiro atoms. The van der Waals surface area contributed by atoms with Crippen molar-refractivity contribution in [2.24, 2.45) is 0 Å². The molecule has 2 aliphatic rings. The van der Waals surface area contributed by atoms with Crippen molar-refractivity contribution in [3.8, 4) is 0 Å². The quantitative estimate of drug-likeness (QED) is 0.295. The average molecular weight is 580 g/mol. The van der Waals surface area contributed by atoms with Crippen molar-refractivity contribution in [2.45, 2.75) is 11.4 Å². The Balaban J connectivity index is 1.37. The van der Waals surface area contributed by atoms with Gasteiger partial charge in [0.25, 0.3) is 11.6 Å². The van der Waals surface area contributed by atoms with Gasteiger partial charge in [-0.1, -0.05) is 30.3 Å². The lowest BCUT2D eigenvalue weighted by Gasteiger charge is -2.37. The summed E-state index contributed by atoms with van der Waals surface area (Å²) in [5.41, 5.74) is 2.80. The Labute approximate surface area is 239 Å². The largest absolute Gasteiger partial charge is 0.378 e. The minimum absolute atomic E-state index is 0.0300. The van der Waals surface area contributed by atoms with Gasteiger partial charge in [0.2, 0.25) is 10.0 Å². The van der Waals surface area contributed by atoms with E-state index in [1.165, 1.54) is 29.6 Å². The van der Waals surface area contributed by atoms with E-state index in [0.717, 1.165) is 11.3 Å². The molecule has 2 aliphatic heterocycles. The molecule has 3 aromatic rings. The second kappa shape index (κ2) is 12.2. The van der Waals surface area contributed by atoms with Crippen LogP contribution >= 0.6 is 0 Å². The van der Waals surface area contributed by atoms with Crippen LogP contribution in [-0.4, -0.2) is 88.0 Å². The summed E-state index contributed by atoms with van der Waals surface area (Å²) in [7, 11) is -2.32. The Morgan fingerprint density at radius 2 is 1.56 bits per heavy atom. The van der Waals surface area contributed by atoms with E-state index in [0.29, 0.717) is 63.7 Å². The number of hydrogen-bond acceptors (Lipinski definition) is 8. The van der Waals surface area contributed by atoms with Crippen LogP contribution < -0.4 is 9.80 Å². The summed E-state index contributed by atoms with van der Waals surface area (Å²) in [5, 5.41) is 11.0. The summed E-state index contributed by atoms with van der Waals surface area (Å²) >= 11 is 0. The van der Waals surface area contributed by atoms with Gasteiger partial charge in [0.15, 0.2) is 0 Å². The zero-order valence-corrected chi connectivity index (χ0v) is 23.7. The molecule has 0 unspecified atom stereocenters. The molecule has 0 atom stereocenters. The zero-order chi connectivity index (χ0) is 29.0. The molecule has 216 valence electrons. The van der Waals surface area contributed by atoms with E-state index >= 15 is 0 Å². The highest BCUT2D eigenvalue weighted by molar-refractivity contribution is 7.89. The van der Waals surface area contributed by atoms with Gasteiger partial charge in [0.1, 0.15) is 0 Å². The molecule has 41 heavy (non-hydrogen) atoms. The number of ether oxygens (including phenoxy) is 1. The molecule has 1 amide bonds. The third kappa shape index (κ3) is 6.34. The number of morpholine rings is 1. The third-order valence-electron chi connectivity index (χ3n) is 7.50. The summed E-state index contributed by atoms with van der Waals surface area (Å²) in [6, 6.07) is 20.6. The molecule has 2 saturated heterocycles. The molecule has 0 aliphatic carbocycles. The second-order valence-electron chi connectivity index (χ2n) is 10.1. The number of sulfonamides is 1. The third-order valence-corrected chi connectivity index (χ3v) is 9.30. The predicted molar refractivity (Wildman–Crippen MR) is 156 cm³/mol. The lowest BCUT2D eigenvalue weighted by molar-refractivity contribution is -0.384. The molecule has 11 nitrogen and oxygen atoms in total. The van der Waals surface area contributed by atoms with Gasteiger partial charge in [-0.3, -0.25) is 14.9 Å². The van der Waals surface area contributed by atoms with Crippen LogP contribution in [0.25, 0.3) is 0 Å². The SMILES string of the molecule is CN(Cc1ccccc1)S(=O)(=O)c1ccc(N2CCOCC2)c(C(=O)N2CCN(c3ccc([N+](=O)[O-])cc3)CC2)c1. The Kier molecular flexibility index (Phi) is 8.52. The zero-order valence-electron chi connectivity index (χ0n) is 22.9. The van der Waals surface area contributed by atoms with Crippen molar-refractivity contribution in [2.75, 3.05) is 69.3 Å². The highest BCUT2D eigenvalue weighted by Crippen LogP contribution is 2.29. The van der Waals surface area contributed by atoms with E-state index < -0.39 is 14.9 Å². The lowest BCUT2D eigenvalue weighted by atomic mass is 10.1. The lowest BCUT2D eigenvalue weighted by Crippen LogP contribution is -2.49. The number of rotatable bonds is 8. The highest BCUT2D eigenvalue weighted by Gasteiger charge is 2.29. The standard InChI is InChI=1S/C29H33N5O6S/c1-30(22-23-5-3-2-4-6-23)41(38,39)26-11-12-28(32-17-19-40-20-18-32)27(21-26)29(35)33-15-13-31(14-16-33)24-7-9-25(10-8-24)34(36)37/h2-12,21H,13-20,22H2,1H3. The molecule has 3 aromatic carbocycles. The molecule has 0 saturated carbocycles. The summed E-state index contributed by atoms with van der Waals surface area (Å²) in [6.45, 7) is 4.45.